The molecule has 0 spiro atoms. The van der Waals surface area contributed by atoms with Gasteiger partial charge >= 0.3 is 0 Å². The summed E-state index contributed by atoms with van der Waals surface area (Å²) in [5.74, 6) is 0.620. The van der Waals surface area contributed by atoms with Gasteiger partial charge < -0.3 is 9.32 Å². The molecule has 0 atom stereocenters. The summed E-state index contributed by atoms with van der Waals surface area (Å²) in [6, 6.07) is 81.9. The molecule has 60 heavy (non-hydrogen) atoms. The summed E-state index contributed by atoms with van der Waals surface area (Å²) < 4.78 is 6.67. The van der Waals surface area contributed by atoms with E-state index in [1.165, 1.54) is 33.4 Å². The minimum atomic E-state index is 0.620. The second kappa shape index (κ2) is 15.1. The third-order valence-electron chi connectivity index (χ3n) is 11.5. The highest BCUT2D eigenvalue weighted by Crippen LogP contribution is 2.43. The van der Waals surface area contributed by atoms with E-state index < -0.39 is 0 Å². The second-order valence-electron chi connectivity index (χ2n) is 15.2. The Labute approximate surface area is 349 Å². The molecule has 0 unspecified atom stereocenters. The molecule has 1 heterocycles. The van der Waals surface area contributed by atoms with E-state index in [9.17, 15) is 0 Å². The molecule has 282 valence electrons. The van der Waals surface area contributed by atoms with Crippen molar-refractivity contribution in [1.82, 2.24) is 4.98 Å². The highest BCUT2D eigenvalue weighted by molar-refractivity contribution is 6.13. The fourth-order valence-electron chi connectivity index (χ4n) is 8.49. The van der Waals surface area contributed by atoms with Gasteiger partial charge in [0, 0.05) is 33.6 Å². The summed E-state index contributed by atoms with van der Waals surface area (Å²) in [5.41, 5.74) is 15.1. The number of oxazole rings is 1. The molecule has 11 aromatic rings. The van der Waals surface area contributed by atoms with E-state index in [4.69, 9.17) is 9.40 Å². The topological polar surface area (TPSA) is 29.3 Å². The summed E-state index contributed by atoms with van der Waals surface area (Å²) in [4.78, 5) is 7.43. The molecule has 1 aromatic heterocycles. The maximum absolute atomic E-state index is 6.67. The molecule has 3 nitrogen and oxygen atoms in total. The van der Waals surface area contributed by atoms with Crippen LogP contribution in [0.3, 0.4) is 0 Å². The SMILES string of the molecule is c1ccc(-c2ccc(N(c3ccc(-c4cccc(-c5ccccc5)c4)cc3)c3ccc4c(-c5cc6ccccc6c6nc(-c7ccccc7)oc56)cccc4c3)cc2)cc1. The van der Waals surface area contributed by atoms with Crippen molar-refractivity contribution in [3.8, 4) is 56.0 Å². The zero-order valence-corrected chi connectivity index (χ0v) is 32.7. The van der Waals surface area contributed by atoms with E-state index in [0.717, 1.165) is 66.4 Å². The van der Waals surface area contributed by atoms with Gasteiger partial charge in [0.2, 0.25) is 5.89 Å². The quantitative estimate of drug-likeness (QED) is 0.154. The normalized spacial score (nSPS) is 11.3. The fraction of sp³-hybridized carbons (Fsp3) is 0. The van der Waals surface area contributed by atoms with Crippen molar-refractivity contribution in [3.05, 3.63) is 231 Å². The van der Waals surface area contributed by atoms with E-state index in [0.29, 0.717) is 5.89 Å². The molecule has 0 N–H and O–H groups in total. The predicted octanol–water partition coefficient (Wildman–Crippen LogP) is 15.9. The first-order valence-electron chi connectivity index (χ1n) is 20.4. The molecule has 3 heteroatoms. The lowest BCUT2D eigenvalue weighted by Crippen LogP contribution is -2.10. The van der Waals surface area contributed by atoms with Crippen LogP contribution in [-0.2, 0) is 0 Å². The zero-order valence-electron chi connectivity index (χ0n) is 32.7. The summed E-state index contributed by atoms with van der Waals surface area (Å²) in [6.45, 7) is 0. The summed E-state index contributed by atoms with van der Waals surface area (Å²) in [5, 5.41) is 4.48. The number of aromatic nitrogens is 1. The summed E-state index contributed by atoms with van der Waals surface area (Å²) >= 11 is 0. The van der Waals surface area contributed by atoms with Crippen LogP contribution in [-0.4, -0.2) is 4.98 Å². The van der Waals surface area contributed by atoms with Crippen molar-refractivity contribution < 1.29 is 4.42 Å². The number of fused-ring (bicyclic) bond motifs is 4. The largest absolute Gasteiger partial charge is 0.435 e. The second-order valence-corrected chi connectivity index (χ2v) is 15.2. The lowest BCUT2D eigenvalue weighted by molar-refractivity contribution is 0.621. The zero-order chi connectivity index (χ0) is 39.8. The maximum Gasteiger partial charge on any atom is 0.227 e. The molecule has 11 rings (SSSR count). The van der Waals surface area contributed by atoms with E-state index in [2.05, 4.69) is 205 Å². The molecule has 0 aliphatic heterocycles. The van der Waals surface area contributed by atoms with Gasteiger partial charge in [-0.15, -0.1) is 0 Å². The van der Waals surface area contributed by atoms with Crippen molar-refractivity contribution in [2.75, 3.05) is 4.90 Å². The van der Waals surface area contributed by atoms with Crippen LogP contribution in [0.4, 0.5) is 17.1 Å². The molecule has 0 radical (unpaired) electrons. The van der Waals surface area contributed by atoms with Crippen LogP contribution in [0.2, 0.25) is 0 Å². The first-order chi connectivity index (χ1) is 29.7. The van der Waals surface area contributed by atoms with Crippen LogP contribution in [0.1, 0.15) is 0 Å². The lowest BCUT2D eigenvalue weighted by Gasteiger charge is -2.26. The first-order valence-corrected chi connectivity index (χ1v) is 20.4. The van der Waals surface area contributed by atoms with Crippen LogP contribution in [0.25, 0.3) is 88.6 Å². The number of benzene rings is 10. The van der Waals surface area contributed by atoms with Gasteiger partial charge in [0.15, 0.2) is 5.58 Å². The third-order valence-corrected chi connectivity index (χ3v) is 11.5. The van der Waals surface area contributed by atoms with Gasteiger partial charge in [-0.05, 0) is 116 Å². The van der Waals surface area contributed by atoms with Gasteiger partial charge in [0.1, 0.15) is 5.52 Å². The van der Waals surface area contributed by atoms with Gasteiger partial charge in [-0.2, -0.15) is 0 Å². The van der Waals surface area contributed by atoms with Gasteiger partial charge in [0.25, 0.3) is 0 Å². The van der Waals surface area contributed by atoms with Crippen LogP contribution in [0.15, 0.2) is 235 Å². The van der Waals surface area contributed by atoms with Crippen LogP contribution < -0.4 is 4.90 Å². The Balaban J connectivity index is 1.02. The van der Waals surface area contributed by atoms with Crippen molar-refractivity contribution in [3.63, 3.8) is 0 Å². The maximum atomic E-state index is 6.67. The van der Waals surface area contributed by atoms with E-state index >= 15 is 0 Å². The Morgan fingerprint density at radius 1 is 0.317 bits per heavy atom. The number of hydrogen-bond donors (Lipinski definition) is 0. The highest BCUT2D eigenvalue weighted by Gasteiger charge is 2.20. The Kier molecular flexibility index (Phi) is 8.83. The van der Waals surface area contributed by atoms with Gasteiger partial charge in [-0.1, -0.05) is 170 Å². The molecular weight excluding hydrogens is 729 g/mol. The average molecular weight is 767 g/mol. The molecule has 0 saturated heterocycles. The van der Waals surface area contributed by atoms with E-state index in [1.54, 1.807) is 0 Å². The van der Waals surface area contributed by atoms with E-state index in [-0.39, 0.29) is 0 Å². The summed E-state index contributed by atoms with van der Waals surface area (Å²) in [7, 11) is 0. The van der Waals surface area contributed by atoms with Crippen LogP contribution in [0.5, 0.6) is 0 Å². The van der Waals surface area contributed by atoms with E-state index in [1.807, 2.05) is 30.3 Å². The molecule has 10 aromatic carbocycles. The van der Waals surface area contributed by atoms with Crippen molar-refractivity contribution in [1.29, 1.82) is 0 Å². The minimum absolute atomic E-state index is 0.620. The molecule has 0 saturated carbocycles. The molecule has 0 bridgehead atoms. The molecule has 0 aliphatic rings. The number of hydrogen-bond acceptors (Lipinski definition) is 3. The highest BCUT2D eigenvalue weighted by atomic mass is 16.3. The van der Waals surface area contributed by atoms with Crippen molar-refractivity contribution in [2.24, 2.45) is 0 Å². The lowest BCUT2D eigenvalue weighted by atomic mass is 9.94. The van der Waals surface area contributed by atoms with Crippen LogP contribution >= 0.6 is 0 Å². The number of nitrogens with zero attached hydrogens (tertiary/aromatic N) is 2. The average Bonchev–Trinajstić information content (AvgIpc) is 3.79. The minimum Gasteiger partial charge on any atom is -0.435 e. The number of anilines is 3. The van der Waals surface area contributed by atoms with Gasteiger partial charge in [0.05, 0.1) is 0 Å². The van der Waals surface area contributed by atoms with Crippen molar-refractivity contribution >= 4 is 49.7 Å². The van der Waals surface area contributed by atoms with Gasteiger partial charge in [-0.3, -0.25) is 0 Å². The standard InChI is InChI=1S/C57H38N2O/c1-4-14-39(15-5-1)41-26-30-48(31-27-41)59(49-32-28-42(29-33-49)45-22-12-21-44(36-45)40-16-6-2-7-17-40)50-34-35-51-46(37-50)23-13-25-53(51)54-38-47-20-10-11-24-52(47)55-56(54)60-57(58-55)43-18-8-3-9-19-43/h1-38H. The Bertz CT molecular complexity index is 3280. The third kappa shape index (κ3) is 6.49. The monoisotopic (exact) mass is 766 g/mol. The number of rotatable bonds is 8. The Morgan fingerprint density at radius 3 is 1.47 bits per heavy atom. The fourth-order valence-corrected chi connectivity index (χ4v) is 8.49. The van der Waals surface area contributed by atoms with Gasteiger partial charge in [-0.25, -0.2) is 4.98 Å². The smallest absolute Gasteiger partial charge is 0.227 e. The molecule has 0 fully saturated rings. The Hall–Kier alpha value is -8.01. The Morgan fingerprint density at radius 2 is 0.800 bits per heavy atom. The molecule has 0 amide bonds. The summed E-state index contributed by atoms with van der Waals surface area (Å²) in [6.07, 6.45) is 0. The van der Waals surface area contributed by atoms with Crippen molar-refractivity contribution in [2.45, 2.75) is 0 Å². The first kappa shape index (κ1) is 35.2. The predicted molar refractivity (Wildman–Crippen MR) is 251 cm³/mol. The molecular formula is C57H38N2O. The molecule has 0 aliphatic carbocycles. The van der Waals surface area contributed by atoms with Crippen LogP contribution in [0, 0.1) is 0 Å².